The molecule has 0 aromatic carbocycles. The van der Waals surface area contributed by atoms with Crippen LogP contribution in [0, 0.1) is 3.77 Å². The van der Waals surface area contributed by atoms with E-state index in [-0.39, 0.29) is 0 Å². The molecule has 4 nitrogen and oxygen atoms in total. The molecule has 0 saturated heterocycles. The molecule has 2 aromatic rings. The summed E-state index contributed by atoms with van der Waals surface area (Å²) in [5, 5.41) is 3.30. The molecular weight excluding hydrogens is 305 g/mol. The predicted octanol–water partition coefficient (Wildman–Crippen LogP) is 1.94. The number of aromatic amines is 1. The van der Waals surface area contributed by atoms with Crippen molar-refractivity contribution in [2.75, 3.05) is 6.54 Å². The van der Waals surface area contributed by atoms with Gasteiger partial charge in [-0.05, 0) is 34.7 Å². The number of hydrogen-bond acceptors (Lipinski definition) is 3. The largest absolute Gasteiger partial charge is 0.454 e. The van der Waals surface area contributed by atoms with Gasteiger partial charge in [0.25, 0.3) is 0 Å². The number of imidazole rings is 1. The topological polar surface area (TPSA) is 53.9 Å². The summed E-state index contributed by atoms with van der Waals surface area (Å²) in [6.45, 7) is 1.66. The molecule has 0 amide bonds. The van der Waals surface area contributed by atoms with Gasteiger partial charge in [-0.3, -0.25) is 0 Å². The monoisotopic (exact) mass is 317 g/mol. The van der Waals surface area contributed by atoms with Crippen LogP contribution in [0.5, 0.6) is 0 Å². The molecule has 0 spiro atoms. The number of furan rings is 1. The Morgan fingerprint density at radius 1 is 1.47 bits per heavy atom. The second-order valence-electron chi connectivity index (χ2n) is 3.17. The number of nitrogens with one attached hydrogen (secondary N) is 2. The second kappa shape index (κ2) is 5.32. The van der Waals surface area contributed by atoms with Gasteiger partial charge in [-0.25, -0.2) is 4.98 Å². The van der Waals surface area contributed by atoms with Crippen molar-refractivity contribution >= 4 is 22.6 Å². The van der Waals surface area contributed by atoms with Crippen molar-refractivity contribution in [2.45, 2.75) is 13.0 Å². The zero-order chi connectivity index (χ0) is 10.5. The van der Waals surface area contributed by atoms with Crippen LogP contribution in [0.15, 0.2) is 28.9 Å². The summed E-state index contributed by atoms with van der Waals surface area (Å²) in [5.41, 5.74) is 0. The zero-order valence-corrected chi connectivity index (χ0v) is 10.3. The molecule has 0 radical (unpaired) electrons. The van der Waals surface area contributed by atoms with Gasteiger partial charge in [0.15, 0.2) is 3.77 Å². The van der Waals surface area contributed by atoms with E-state index in [9.17, 15) is 0 Å². The Hall–Kier alpha value is -0.820. The first-order valence-corrected chi connectivity index (χ1v) is 5.85. The van der Waals surface area contributed by atoms with Gasteiger partial charge in [-0.2, -0.15) is 0 Å². The highest BCUT2D eigenvalue weighted by atomic mass is 127. The summed E-state index contributed by atoms with van der Waals surface area (Å²) in [4.78, 5) is 7.21. The molecule has 0 unspecified atom stereocenters. The molecule has 0 atom stereocenters. The first kappa shape index (κ1) is 10.7. The summed E-state index contributed by atoms with van der Waals surface area (Å²) < 4.78 is 6.35. The molecule has 80 valence electrons. The molecule has 0 aliphatic rings. The Kier molecular flexibility index (Phi) is 3.79. The number of nitrogens with zero attached hydrogens (tertiary/aromatic N) is 1. The van der Waals surface area contributed by atoms with E-state index in [2.05, 4.69) is 37.9 Å². The Labute approximate surface area is 102 Å². The van der Waals surface area contributed by atoms with Crippen molar-refractivity contribution in [1.82, 2.24) is 15.3 Å². The lowest BCUT2D eigenvalue weighted by Crippen LogP contribution is -2.16. The molecule has 0 bridgehead atoms. The average molecular weight is 317 g/mol. The van der Waals surface area contributed by atoms with Crippen molar-refractivity contribution in [2.24, 2.45) is 0 Å². The van der Waals surface area contributed by atoms with Crippen LogP contribution in [0.25, 0.3) is 0 Å². The number of rotatable bonds is 5. The maximum absolute atomic E-state index is 5.42. The number of aromatic nitrogens is 2. The quantitative estimate of drug-likeness (QED) is 0.655. The first-order chi connectivity index (χ1) is 7.34. The number of halogens is 1. The fourth-order valence-electron chi connectivity index (χ4n) is 1.30. The highest BCUT2D eigenvalue weighted by Gasteiger charge is 1.99. The minimum atomic E-state index is 0.768. The van der Waals surface area contributed by atoms with E-state index in [0.717, 1.165) is 34.9 Å². The van der Waals surface area contributed by atoms with Crippen LogP contribution in [0.4, 0.5) is 0 Å². The van der Waals surface area contributed by atoms with Gasteiger partial charge in [-0.15, -0.1) is 0 Å². The molecule has 15 heavy (non-hydrogen) atoms. The van der Waals surface area contributed by atoms with E-state index in [4.69, 9.17) is 4.42 Å². The van der Waals surface area contributed by atoms with Crippen molar-refractivity contribution < 1.29 is 4.42 Å². The fraction of sp³-hybridized carbons (Fsp3) is 0.300. The summed E-state index contributed by atoms with van der Waals surface area (Å²) in [6, 6.07) is 3.95. The third kappa shape index (κ3) is 3.35. The summed E-state index contributed by atoms with van der Waals surface area (Å²) in [7, 11) is 0. The van der Waals surface area contributed by atoms with Crippen LogP contribution in [-0.2, 0) is 13.0 Å². The maximum atomic E-state index is 5.42. The summed E-state index contributed by atoms with van der Waals surface area (Å²) in [5.74, 6) is 1.98. The van der Waals surface area contributed by atoms with E-state index in [1.54, 1.807) is 6.20 Å². The molecule has 0 aliphatic heterocycles. The lowest BCUT2D eigenvalue weighted by Gasteiger charge is -2.00. The van der Waals surface area contributed by atoms with Gasteiger partial charge in [0.05, 0.1) is 6.54 Å². The van der Waals surface area contributed by atoms with Gasteiger partial charge in [0.1, 0.15) is 11.6 Å². The molecule has 0 fully saturated rings. The smallest absolute Gasteiger partial charge is 0.164 e. The van der Waals surface area contributed by atoms with E-state index < -0.39 is 0 Å². The molecule has 2 heterocycles. The van der Waals surface area contributed by atoms with Gasteiger partial charge < -0.3 is 14.7 Å². The normalized spacial score (nSPS) is 10.7. The highest BCUT2D eigenvalue weighted by Crippen LogP contribution is 2.09. The van der Waals surface area contributed by atoms with Crippen LogP contribution >= 0.6 is 22.6 Å². The van der Waals surface area contributed by atoms with Gasteiger partial charge in [-0.1, -0.05) is 0 Å². The van der Waals surface area contributed by atoms with Gasteiger partial charge >= 0.3 is 0 Å². The maximum Gasteiger partial charge on any atom is 0.164 e. The minimum Gasteiger partial charge on any atom is -0.454 e. The molecule has 0 aliphatic carbocycles. The second-order valence-corrected chi connectivity index (χ2v) is 4.23. The third-order valence-corrected chi connectivity index (χ3v) is 2.60. The Morgan fingerprint density at radius 3 is 3.07 bits per heavy atom. The molecule has 5 heteroatoms. The van der Waals surface area contributed by atoms with Crippen LogP contribution in [0.1, 0.15) is 11.6 Å². The van der Waals surface area contributed by atoms with Crippen molar-refractivity contribution in [3.63, 3.8) is 0 Å². The van der Waals surface area contributed by atoms with E-state index in [0.29, 0.717) is 0 Å². The van der Waals surface area contributed by atoms with Crippen molar-refractivity contribution in [3.05, 3.63) is 39.9 Å². The van der Waals surface area contributed by atoms with Crippen LogP contribution < -0.4 is 5.32 Å². The van der Waals surface area contributed by atoms with E-state index in [1.807, 2.05) is 18.3 Å². The molecule has 2 N–H and O–H groups in total. The Balaban J connectivity index is 1.67. The van der Waals surface area contributed by atoms with Crippen LogP contribution in [0.3, 0.4) is 0 Å². The van der Waals surface area contributed by atoms with E-state index in [1.165, 1.54) is 0 Å². The predicted molar refractivity (Wildman–Crippen MR) is 65.4 cm³/mol. The fourth-order valence-corrected chi connectivity index (χ4v) is 1.76. The molecule has 2 rings (SSSR count). The molecule has 2 aromatic heterocycles. The SMILES string of the molecule is Ic1ccc(CNCCc2ncc[nH]2)o1. The zero-order valence-electron chi connectivity index (χ0n) is 8.16. The first-order valence-electron chi connectivity index (χ1n) is 4.78. The summed E-state index contributed by atoms with van der Waals surface area (Å²) >= 11 is 2.16. The van der Waals surface area contributed by atoms with Crippen molar-refractivity contribution in [3.8, 4) is 0 Å². The van der Waals surface area contributed by atoms with Gasteiger partial charge in [0.2, 0.25) is 0 Å². The Morgan fingerprint density at radius 2 is 2.40 bits per heavy atom. The average Bonchev–Trinajstić information content (AvgIpc) is 2.84. The Bertz CT molecular complexity index is 396. The third-order valence-electron chi connectivity index (χ3n) is 2.02. The van der Waals surface area contributed by atoms with Crippen LogP contribution in [0.2, 0.25) is 0 Å². The lowest BCUT2D eigenvalue weighted by molar-refractivity contribution is 0.463. The number of H-pyrrole nitrogens is 1. The van der Waals surface area contributed by atoms with Crippen LogP contribution in [-0.4, -0.2) is 16.5 Å². The number of hydrogen-bond donors (Lipinski definition) is 2. The highest BCUT2D eigenvalue weighted by molar-refractivity contribution is 14.1. The standard InChI is InChI=1S/C10H12IN3O/c11-9-2-1-8(15-9)7-12-4-3-10-13-5-6-14-10/h1-2,5-6,12H,3-4,7H2,(H,13,14). The van der Waals surface area contributed by atoms with Gasteiger partial charge in [0, 0.05) is 25.4 Å². The van der Waals surface area contributed by atoms with Crippen molar-refractivity contribution in [1.29, 1.82) is 0 Å². The molecular formula is C10H12IN3O. The molecule has 0 saturated carbocycles. The van der Waals surface area contributed by atoms with E-state index >= 15 is 0 Å². The summed E-state index contributed by atoms with van der Waals surface area (Å²) in [6.07, 6.45) is 4.51. The lowest BCUT2D eigenvalue weighted by atomic mass is 10.4. The minimum absolute atomic E-state index is 0.768.